The molecular formula is C19H20N6O3. The van der Waals surface area contributed by atoms with Crippen molar-refractivity contribution in [3.8, 4) is 0 Å². The normalized spacial score (nSPS) is 19.1. The van der Waals surface area contributed by atoms with Crippen LogP contribution >= 0.6 is 0 Å². The minimum atomic E-state index is -1.07. The van der Waals surface area contributed by atoms with Gasteiger partial charge in [0, 0.05) is 18.9 Å². The first kappa shape index (κ1) is 18.1. The van der Waals surface area contributed by atoms with E-state index in [0.29, 0.717) is 18.7 Å². The predicted octanol–water partition coefficient (Wildman–Crippen LogP) is 0.283. The number of aliphatic hydroxyl groups is 1. The number of fused-ring (bicyclic) bond motifs is 1. The number of nitrogens with zero attached hydrogens (tertiary/aromatic N) is 5. The van der Waals surface area contributed by atoms with Gasteiger partial charge in [-0.3, -0.25) is 9.59 Å². The number of hydrogen-bond acceptors (Lipinski definition) is 6. The number of carbonyl (C=O) groups is 2. The van der Waals surface area contributed by atoms with E-state index in [9.17, 15) is 14.7 Å². The van der Waals surface area contributed by atoms with Gasteiger partial charge in [0.15, 0.2) is 0 Å². The SMILES string of the molecule is Cc1ccc(C2(O)CCN(C(=O)CNC(=O)c3nc4ncccn4n3)C2)cc1. The maximum absolute atomic E-state index is 12.5. The molecule has 1 unspecified atom stereocenters. The van der Waals surface area contributed by atoms with Crippen LogP contribution in [0.3, 0.4) is 0 Å². The molecule has 1 aliphatic rings. The lowest BCUT2D eigenvalue weighted by atomic mass is 9.92. The van der Waals surface area contributed by atoms with E-state index in [1.807, 2.05) is 31.2 Å². The molecule has 0 spiro atoms. The standard InChI is InChI=1S/C19H20N6O3/c1-13-3-5-14(6-4-13)19(28)7-10-24(12-19)15(26)11-21-17(27)16-22-18-20-8-2-9-25(18)23-16/h2-6,8-9,28H,7,10-12H2,1H3,(H,21,27). The molecule has 1 aromatic carbocycles. The van der Waals surface area contributed by atoms with Crippen LogP contribution in [-0.2, 0) is 10.4 Å². The highest BCUT2D eigenvalue weighted by Gasteiger charge is 2.39. The van der Waals surface area contributed by atoms with E-state index >= 15 is 0 Å². The average Bonchev–Trinajstić information content (AvgIpc) is 3.31. The van der Waals surface area contributed by atoms with Crippen molar-refractivity contribution in [2.45, 2.75) is 18.9 Å². The van der Waals surface area contributed by atoms with Crippen LogP contribution in [0.1, 0.15) is 28.2 Å². The first-order valence-electron chi connectivity index (χ1n) is 8.97. The van der Waals surface area contributed by atoms with Crippen LogP contribution < -0.4 is 5.32 Å². The van der Waals surface area contributed by atoms with Crippen LogP contribution in [0.4, 0.5) is 0 Å². The Labute approximate surface area is 161 Å². The van der Waals surface area contributed by atoms with Gasteiger partial charge in [0.05, 0.1) is 13.1 Å². The molecule has 2 aromatic heterocycles. The molecule has 1 saturated heterocycles. The van der Waals surface area contributed by atoms with E-state index in [1.165, 1.54) is 4.52 Å². The molecule has 28 heavy (non-hydrogen) atoms. The van der Waals surface area contributed by atoms with Crippen LogP contribution in [0.25, 0.3) is 5.78 Å². The first-order chi connectivity index (χ1) is 13.4. The number of rotatable bonds is 4. The van der Waals surface area contributed by atoms with E-state index in [-0.39, 0.29) is 24.8 Å². The highest BCUT2D eigenvalue weighted by Crippen LogP contribution is 2.32. The number of aryl methyl sites for hydroxylation is 1. The van der Waals surface area contributed by atoms with Gasteiger partial charge in [-0.2, -0.15) is 4.98 Å². The quantitative estimate of drug-likeness (QED) is 0.672. The molecule has 4 rings (SSSR count). The summed E-state index contributed by atoms with van der Waals surface area (Å²) in [6.45, 7) is 2.41. The van der Waals surface area contributed by atoms with Crippen molar-refractivity contribution >= 4 is 17.6 Å². The van der Waals surface area contributed by atoms with Crippen molar-refractivity contribution < 1.29 is 14.7 Å². The van der Waals surface area contributed by atoms with Gasteiger partial charge < -0.3 is 15.3 Å². The molecule has 144 valence electrons. The maximum atomic E-state index is 12.5. The number of aromatic nitrogens is 4. The van der Waals surface area contributed by atoms with Crippen molar-refractivity contribution in [2.24, 2.45) is 0 Å². The van der Waals surface area contributed by atoms with Crippen LogP contribution in [0.15, 0.2) is 42.7 Å². The number of carbonyl (C=O) groups excluding carboxylic acids is 2. The van der Waals surface area contributed by atoms with Gasteiger partial charge in [-0.15, -0.1) is 5.10 Å². The summed E-state index contributed by atoms with van der Waals surface area (Å²) in [5.74, 6) is -0.559. The molecule has 0 aliphatic carbocycles. The van der Waals surface area contributed by atoms with Gasteiger partial charge in [-0.1, -0.05) is 29.8 Å². The van der Waals surface area contributed by atoms with Gasteiger partial charge in [-0.05, 0) is 25.0 Å². The highest BCUT2D eigenvalue weighted by atomic mass is 16.3. The van der Waals surface area contributed by atoms with Crippen LogP contribution in [-0.4, -0.2) is 61.0 Å². The summed E-state index contributed by atoms with van der Waals surface area (Å²) < 4.78 is 1.39. The fourth-order valence-corrected chi connectivity index (χ4v) is 3.28. The third-order valence-electron chi connectivity index (χ3n) is 4.91. The van der Waals surface area contributed by atoms with E-state index in [1.54, 1.807) is 23.4 Å². The second kappa shape index (κ2) is 7.01. The van der Waals surface area contributed by atoms with E-state index in [2.05, 4.69) is 20.4 Å². The van der Waals surface area contributed by atoms with Gasteiger partial charge in [0.25, 0.3) is 11.7 Å². The van der Waals surface area contributed by atoms with Crippen molar-refractivity contribution in [1.82, 2.24) is 29.8 Å². The number of β-amino-alcohol motifs (C(OH)–C–C–N with tert-alkyl or cyclic N) is 1. The lowest BCUT2D eigenvalue weighted by Crippen LogP contribution is -2.41. The Bertz CT molecular complexity index is 999. The van der Waals surface area contributed by atoms with Crippen molar-refractivity contribution in [3.63, 3.8) is 0 Å². The Hall–Kier alpha value is -3.33. The second-order valence-corrected chi connectivity index (χ2v) is 6.95. The lowest BCUT2D eigenvalue weighted by Gasteiger charge is -2.24. The van der Waals surface area contributed by atoms with E-state index < -0.39 is 11.5 Å². The number of likely N-dealkylation sites (tertiary alicyclic amines) is 1. The molecule has 0 bridgehead atoms. The molecule has 0 radical (unpaired) electrons. The van der Waals surface area contributed by atoms with Gasteiger partial charge >= 0.3 is 0 Å². The molecule has 9 nitrogen and oxygen atoms in total. The monoisotopic (exact) mass is 380 g/mol. The van der Waals surface area contributed by atoms with Crippen molar-refractivity contribution in [3.05, 3.63) is 59.7 Å². The topological polar surface area (TPSA) is 113 Å². The Balaban J connectivity index is 1.36. The van der Waals surface area contributed by atoms with Gasteiger partial charge in [0.2, 0.25) is 11.7 Å². The van der Waals surface area contributed by atoms with Crippen LogP contribution in [0.5, 0.6) is 0 Å². The average molecular weight is 380 g/mol. The summed E-state index contributed by atoms with van der Waals surface area (Å²) >= 11 is 0. The molecule has 2 N–H and O–H groups in total. The zero-order valence-electron chi connectivity index (χ0n) is 15.4. The molecule has 3 aromatic rings. The fraction of sp³-hybridized carbons (Fsp3) is 0.316. The van der Waals surface area contributed by atoms with Gasteiger partial charge in [-0.25, -0.2) is 9.50 Å². The third-order valence-corrected chi connectivity index (χ3v) is 4.91. The van der Waals surface area contributed by atoms with Crippen LogP contribution in [0, 0.1) is 6.92 Å². The molecular weight excluding hydrogens is 360 g/mol. The zero-order valence-corrected chi connectivity index (χ0v) is 15.4. The molecule has 0 saturated carbocycles. The summed E-state index contributed by atoms with van der Waals surface area (Å²) in [7, 11) is 0. The number of benzene rings is 1. The summed E-state index contributed by atoms with van der Waals surface area (Å²) in [6, 6.07) is 9.32. The second-order valence-electron chi connectivity index (χ2n) is 6.95. The largest absolute Gasteiger partial charge is 0.383 e. The lowest BCUT2D eigenvalue weighted by molar-refractivity contribution is -0.130. The molecule has 3 heterocycles. The highest BCUT2D eigenvalue weighted by molar-refractivity contribution is 5.93. The Kier molecular flexibility index (Phi) is 4.52. The Morgan fingerprint density at radius 2 is 2.07 bits per heavy atom. The zero-order chi connectivity index (χ0) is 19.7. The number of hydrogen-bond donors (Lipinski definition) is 2. The molecule has 1 aliphatic heterocycles. The summed E-state index contributed by atoms with van der Waals surface area (Å²) in [4.78, 5) is 34.3. The fourth-order valence-electron chi connectivity index (χ4n) is 3.28. The van der Waals surface area contributed by atoms with Crippen molar-refractivity contribution in [2.75, 3.05) is 19.6 Å². The Morgan fingerprint density at radius 1 is 1.29 bits per heavy atom. The molecule has 1 fully saturated rings. The number of nitrogens with one attached hydrogen (secondary N) is 1. The van der Waals surface area contributed by atoms with E-state index in [0.717, 1.165) is 11.1 Å². The summed E-state index contributed by atoms with van der Waals surface area (Å²) in [5, 5.41) is 17.5. The molecule has 2 amide bonds. The van der Waals surface area contributed by atoms with E-state index in [4.69, 9.17) is 0 Å². The minimum absolute atomic E-state index is 0.0518. The summed E-state index contributed by atoms with van der Waals surface area (Å²) in [6.07, 6.45) is 3.64. The predicted molar refractivity (Wildman–Crippen MR) is 99.4 cm³/mol. The third kappa shape index (κ3) is 3.44. The van der Waals surface area contributed by atoms with Crippen molar-refractivity contribution in [1.29, 1.82) is 0 Å². The van der Waals surface area contributed by atoms with Gasteiger partial charge in [0.1, 0.15) is 5.60 Å². The minimum Gasteiger partial charge on any atom is -0.383 e. The number of amides is 2. The molecule has 9 heteroatoms. The first-order valence-corrected chi connectivity index (χ1v) is 8.97. The Morgan fingerprint density at radius 3 is 2.82 bits per heavy atom. The summed E-state index contributed by atoms with van der Waals surface area (Å²) in [5.41, 5.74) is 0.831. The smallest absolute Gasteiger partial charge is 0.291 e. The molecule has 1 atom stereocenters. The maximum Gasteiger partial charge on any atom is 0.291 e. The van der Waals surface area contributed by atoms with Crippen LogP contribution in [0.2, 0.25) is 0 Å².